The van der Waals surface area contributed by atoms with Crippen molar-refractivity contribution in [2.24, 2.45) is 5.73 Å². The van der Waals surface area contributed by atoms with Crippen molar-refractivity contribution in [3.05, 3.63) is 36.5 Å². The van der Waals surface area contributed by atoms with E-state index in [-0.39, 0.29) is 13.0 Å². The number of carboxylic acid groups (broad SMARTS) is 1. The third-order valence-corrected chi connectivity index (χ3v) is 11.3. The maximum atomic E-state index is 12.7. The summed E-state index contributed by atoms with van der Waals surface area (Å²) in [4.78, 5) is 33.6. The fraction of sp³-hybridized carbons (Fsp3) is 0.833. The molecule has 0 aromatic heterocycles. The number of phosphoric acid groups is 1. The minimum absolute atomic E-state index is 0.0123. The highest BCUT2D eigenvalue weighted by atomic mass is 31.2. The molecule has 0 fully saturated rings. The van der Waals surface area contributed by atoms with Crippen LogP contribution >= 0.6 is 7.82 Å². The fourth-order valence-electron chi connectivity index (χ4n) is 6.63. The number of unbranched alkanes of at least 4 members (excludes halogenated alkanes) is 26. The van der Waals surface area contributed by atoms with Crippen LogP contribution in [0, 0.1) is 0 Å². The molecular weight excluding hydrogens is 766 g/mol. The van der Waals surface area contributed by atoms with Crippen LogP contribution < -0.4 is 5.73 Å². The quantitative estimate of drug-likeness (QED) is 0.0233. The molecule has 0 aliphatic carbocycles. The maximum absolute atomic E-state index is 12.7. The first-order valence-electron chi connectivity index (χ1n) is 24.0. The minimum atomic E-state index is -4.62. The number of hydrogen-bond acceptors (Lipinski definition) is 8. The monoisotopic (exact) mass is 856 g/mol. The summed E-state index contributed by atoms with van der Waals surface area (Å²) >= 11 is 0. The Kier molecular flexibility index (Phi) is 42.9. The van der Waals surface area contributed by atoms with Crippen molar-refractivity contribution in [3.8, 4) is 0 Å². The Hall–Kier alpha value is -1.81. The molecule has 0 aliphatic heterocycles. The van der Waals surface area contributed by atoms with Crippen molar-refractivity contribution in [2.75, 3.05) is 26.4 Å². The van der Waals surface area contributed by atoms with Crippen molar-refractivity contribution < 1.29 is 42.7 Å². The van der Waals surface area contributed by atoms with Gasteiger partial charge in [0, 0.05) is 13.0 Å². The number of hydrogen-bond donors (Lipinski definition) is 3. The number of carboxylic acids is 1. The summed E-state index contributed by atoms with van der Waals surface area (Å²) in [6, 6.07) is -1.47. The highest BCUT2D eigenvalue weighted by Crippen LogP contribution is 2.43. The summed E-state index contributed by atoms with van der Waals surface area (Å²) in [7, 11) is -4.62. The second-order valence-corrected chi connectivity index (χ2v) is 17.7. The van der Waals surface area contributed by atoms with E-state index >= 15 is 0 Å². The van der Waals surface area contributed by atoms with E-state index in [1.807, 2.05) is 0 Å². The van der Waals surface area contributed by atoms with Gasteiger partial charge < -0.3 is 25.2 Å². The van der Waals surface area contributed by atoms with Gasteiger partial charge in [0.05, 0.1) is 19.8 Å². The summed E-state index contributed by atoms with van der Waals surface area (Å²) < 4.78 is 33.4. The van der Waals surface area contributed by atoms with E-state index in [4.69, 9.17) is 29.4 Å². The van der Waals surface area contributed by atoms with Gasteiger partial charge in [-0.3, -0.25) is 18.6 Å². The normalized spacial score (nSPS) is 14.1. The van der Waals surface area contributed by atoms with Crippen LogP contribution in [-0.4, -0.2) is 60.5 Å². The van der Waals surface area contributed by atoms with Crippen molar-refractivity contribution in [1.82, 2.24) is 0 Å². The maximum Gasteiger partial charge on any atom is 0.472 e. The van der Waals surface area contributed by atoms with E-state index in [0.29, 0.717) is 13.0 Å². The zero-order valence-electron chi connectivity index (χ0n) is 37.9. The summed E-state index contributed by atoms with van der Waals surface area (Å²) in [6.07, 6.45) is 50.5. The molecule has 0 saturated carbocycles. The van der Waals surface area contributed by atoms with Crippen LogP contribution in [0.25, 0.3) is 0 Å². The minimum Gasteiger partial charge on any atom is -0.480 e. The van der Waals surface area contributed by atoms with Gasteiger partial charge in [-0.1, -0.05) is 179 Å². The number of phosphoric ester groups is 1. The van der Waals surface area contributed by atoms with Crippen LogP contribution in [0.15, 0.2) is 36.5 Å². The van der Waals surface area contributed by atoms with Crippen LogP contribution in [0.3, 0.4) is 0 Å². The predicted octanol–water partition coefficient (Wildman–Crippen LogP) is 13.7. The van der Waals surface area contributed by atoms with Gasteiger partial charge in [-0.2, -0.15) is 0 Å². The lowest BCUT2D eigenvalue weighted by Crippen LogP contribution is -2.34. The van der Waals surface area contributed by atoms with Crippen LogP contribution in [0.1, 0.15) is 219 Å². The Labute approximate surface area is 361 Å². The summed E-state index contributed by atoms with van der Waals surface area (Å²) in [5.74, 6) is -1.78. The van der Waals surface area contributed by atoms with E-state index in [0.717, 1.165) is 57.8 Å². The molecule has 0 spiro atoms. The Bertz CT molecular complexity index is 1080. The topological polar surface area (TPSA) is 155 Å². The molecule has 346 valence electrons. The molecular formula is C48H90NO9P. The second kappa shape index (κ2) is 44.3. The largest absolute Gasteiger partial charge is 0.480 e. The van der Waals surface area contributed by atoms with Crippen LogP contribution in [0.4, 0.5) is 0 Å². The standard InChI is InChI=1S/C48H90NO9P/c1-3-5-7-9-11-13-15-17-19-21-22-23-24-25-26-28-30-32-34-36-38-40-47(50)58-45(43-56-59(53,54)57-44-46(49)48(51)52)42-55-41-39-37-35-33-31-29-27-20-18-16-14-12-10-8-6-4-2/h15,17-18,20-22,45-46H,3-14,16,19,23-44,49H2,1-2H3,(H,51,52)(H,53,54)/b17-15-,20-18-,22-21-. The van der Waals surface area contributed by atoms with Crippen molar-refractivity contribution in [3.63, 3.8) is 0 Å². The van der Waals surface area contributed by atoms with Gasteiger partial charge in [-0.25, -0.2) is 4.57 Å². The molecule has 0 bridgehead atoms. The number of nitrogens with two attached hydrogens (primary N) is 1. The molecule has 0 rings (SSSR count). The fourth-order valence-corrected chi connectivity index (χ4v) is 7.41. The Morgan fingerprint density at radius 2 is 0.932 bits per heavy atom. The number of carbonyl (C=O) groups excluding carboxylic acids is 1. The number of allylic oxidation sites excluding steroid dienone is 6. The van der Waals surface area contributed by atoms with E-state index in [1.54, 1.807) is 0 Å². The average Bonchev–Trinajstić information content (AvgIpc) is 3.21. The third kappa shape index (κ3) is 44.1. The molecule has 0 saturated heterocycles. The number of esters is 1. The first-order valence-corrected chi connectivity index (χ1v) is 25.5. The molecule has 0 radical (unpaired) electrons. The summed E-state index contributed by atoms with van der Waals surface area (Å²) in [6.45, 7) is 3.87. The summed E-state index contributed by atoms with van der Waals surface area (Å²) in [5, 5.41) is 8.91. The molecule has 10 nitrogen and oxygen atoms in total. The SMILES string of the molecule is CCCCCCC/C=C\C/C=C\CCCCCCCCCCCC(=O)OC(COCCCCCCCC/C=C\CCCCCCCC)COP(=O)(O)OCC(N)C(=O)O. The van der Waals surface area contributed by atoms with Gasteiger partial charge in [0.1, 0.15) is 12.1 Å². The first kappa shape index (κ1) is 57.2. The lowest BCUT2D eigenvalue weighted by Gasteiger charge is -2.20. The van der Waals surface area contributed by atoms with E-state index in [1.165, 1.54) is 135 Å². The lowest BCUT2D eigenvalue weighted by molar-refractivity contribution is -0.154. The van der Waals surface area contributed by atoms with Crippen LogP contribution in [0.5, 0.6) is 0 Å². The molecule has 0 aromatic carbocycles. The highest BCUT2D eigenvalue weighted by molar-refractivity contribution is 7.47. The molecule has 3 unspecified atom stereocenters. The van der Waals surface area contributed by atoms with Crippen LogP contribution in [0.2, 0.25) is 0 Å². The number of rotatable bonds is 46. The lowest BCUT2D eigenvalue weighted by atomic mass is 10.1. The number of ether oxygens (including phenoxy) is 2. The van der Waals surface area contributed by atoms with Gasteiger partial charge in [0.15, 0.2) is 0 Å². The molecule has 59 heavy (non-hydrogen) atoms. The summed E-state index contributed by atoms with van der Waals surface area (Å²) in [5.41, 5.74) is 5.36. The van der Waals surface area contributed by atoms with Gasteiger partial charge >= 0.3 is 19.8 Å². The van der Waals surface area contributed by atoms with E-state index in [2.05, 4.69) is 50.3 Å². The van der Waals surface area contributed by atoms with E-state index in [9.17, 15) is 19.0 Å². The predicted molar refractivity (Wildman–Crippen MR) is 245 cm³/mol. The Balaban J connectivity index is 4.18. The second-order valence-electron chi connectivity index (χ2n) is 16.2. The zero-order chi connectivity index (χ0) is 43.3. The van der Waals surface area contributed by atoms with Gasteiger partial charge in [-0.15, -0.1) is 0 Å². The van der Waals surface area contributed by atoms with Gasteiger partial charge in [0.25, 0.3) is 0 Å². The molecule has 0 aliphatic rings. The molecule has 3 atom stereocenters. The zero-order valence-corrected chi connectivity index (χ0v) is 38.7. The first-order chi connectivity index (χ1) is 28.7. The van der Waals surface area contributed by atoms with E-state index < -0.39 is 45.1 Å². The highest BCUT2D eigenvalue weighted by Gasteiger charge is 2.27. The van der Waals surface area contributed by atoms with Gasteiger partial charge in [-0.05, 0) is 70.6 Å². The smallest absolute Gasteiger partial charge is 0.472 e. The molecule has 4 N–H and O–H groups in total. The number of carbonyl (C=O) groups is 2. The molecule has 0 amide bonds. The Morgan fingerprint density at radius 1 is 0.542 bits per heavy atom. The van der Waals surface area contributed by atoms with Crippen LogP contribution in [-0.2, 0) is 32.7 Å². The number of aliphatic carboxylic acids is 1. The molecule has 0 aromatic rings. The van der Waals surface area contributed by atoms with Crippen molar-refractivity contribution in [2.45, 2.75) is 231 Å². The van der Waals surface area contributed by atoms with Crippen molar-refractivity contribution in [1.29, 1.82) is 0 Å². The average molecular weight is 856 g/mol. The molecule has 11 heteroatoms. The third-order valence-electron chi connectivity index (χ3n) is 10.4. The Morgan fingerprint density at radius 3 is 1.39 bits per heavy atom. The molecule has 0 heterocycles. The van der Waals surface area contributed by atoms with Gasteiger partial charge in [0.2, 0.25) is 0 Å². The van der Waals surface area contributed by atoms with Crippen molar-refractivity contribution >= 4 is 19.8 Å².